The Hall–Kier alpha value is -8.20. The summed E-state index contributed by atoms with van der Waals surface area (Å²) in [6.45, 7) is 2.23. The Labute approximate surface area is 400 Å². The number of nitrogens with zero attached hydrogens (tertiary/aromatic N) is 6. The minimum absolute atomic E-state index is 0.0270. The second-order valence-corrected chi connectivity index (χ2v) is 18.6. The molecule has 5 aromatic carbocycles. The van der Waals surface area contributed by atoms with Crippen LogP contribution in [0.5, 0.6) is 34.5 Å². The van der Waals surface area contributed by atoms with Crippen LogP contribution < -0.4 is 19.1 Å². The largest absolute Gasteiger partial charge is 0.456 e. The zero-order valence-electron chi connectivity index (χ0n) is 37.4. The lowest BCUT2D eigenvalue weighted by Crippen LogP contribution is -2.40. The van der Waals surface area contributed by atoms with Crippen molar-refractivity contribution in [1.82, 2.24) is 24.2 Å². The van der Waals surface area contributed by atoms with E-state index in [4.69, 9.17) is 14.2 Å². The van der Waals surface area contributed by atoms with E-state index in [2.05, 4.69) is 15.0 Å². The smallest absolute Gasteiger partial charge is 0.258 e. The number of hydrogen-bond donors (Lipinski definition) is 0. The van der Waals surface area contributed by atoms with Gasteiger partial charge in [-0.3, -0.25) is 24.5 Å². The minimum atomic E-state index is -3.33. The van der Waals surface area contributed by atoms with Gasteiger partial charge in [0.15, 0.2) is 0 Å². The number of amides is 2. The molecule has 4 aliphatic rings. The monoisotopic (exact) mass is 934 g/mol. The van der Waals surface area contributed by atoms with E-state index in [1.165, 1.54) is 0 Å². The molecule has 6 heterocycles. The maximum absolute atomic E-state index is 12.6. The number of fused-ring (bicyclic) bond motifs is 3. The van der Waals surface area contributed by atoms with Gasteiger partial charge in [0.2, 0.25) is 10.0 Å². The lowest BCUT2D eigenvalue weighted by molar-refractivity contribution is 0.0766. The average Bonchev–Trinajstić information content (AvgIpc) is 3.95. The van der Waals surface area contributed by atoms with Gasteiger partial charge in [-0.15, -0.1) is 0 Å². The van der Waals surface area contributed by atoms with Gasteiger partial charge in [-0.25, -0.2) is 8.42 Å². The van der Waals surface area contributed by atoms with E-state index in [1.807, 2.05) is 138 Å². The van der Waals surface area contributed by atoms with Gasteiger partial charge in [-0.1, -0.05) is 55.0 Å². The highest BCUT2D eigenvalue weighted by Gasteiger charge is 2.41. The van der Waals surface area contributed by atoms with Crippen molar-refractivity contribution in [1.29, 1.82) is 0 Å². The van der Waals surface area contributed by atoms with Crippen LogP contribution in [0.15, 0.2) is 194 Å². The van der Waals surface area contributed by atoms with Crippen LogP contribution in [0.1, 0.15) is 62.2 Å². The van der Waals surface area contributed by atoms with E-state index < -0.39 is 10.0 Å². The first-order valence-electron chi connectivity index (χ1n) is 22.6. The summed E-state index contributed by atoms with van der Waals surface area (Å²) in [7, 11) is -3.33. The van der Waals surface area contributed by atoms with Crippen LogP contribution in [0.4, 0.5) is 5.69 Å². The number of sulfonamides is 1. The predicted molar refractivity (Wildman–Crippen MR) is 260 cm³/mol. The number of ether oxygens (including phenoxy) is 3. The Morgan fingerprint density at radius 2 is 1.01 bits per heavy atom. The Balaban J connectivity index is 0.000000120. The predicted octanol–water partition coefficient (Wildman–Crippen LogP) is 11.0. The van der Waals surface area contributed by atoms with Crippen LogP contribution in [0.3, 0.4) is 0 Å². The molecule has 8 aromatic rings. The molecular weight excluding hydrogens is 889 g/mol. The summed E-state index contributed by atoms with van der Waals surface area (Å²) in [5, 5.41) is 0. The van der Waals surface area contributed by atoms with Gasteiger partial charge in [-0.05, 0) is 138 Å². The molecule has 69 heavy (non-hydrogen) atoms. The third-order valence-electron chi connectivity index (χ3n) is 12.2. The van der Waals surface area contributed by atoms with E-state index in [1.54, 1.807) is 64.6 Å². The number of hydrogen-bond acceptors (Lipinski definition) is 10. The van der Waals surface area contributed by atoms with Gasteiger partial charge in [-0.2, -0.15) is 4.31 Å². The zero-order chi connectivity index (χ0) is 47.2. The molecule has 0 unspecified atom stereocenters. The number of rotatable bonds is 10. The minimum Gasteiger partial charge on any atom is -0.456 e. The Bertz CT molecular complexity index is 3200. The second kappa shape index (κ2) is 20.0. The maximum Gasteiger partial charge on any atom is 0.258 e. The average molecular weight is 935 g/mol. The highest BCUT2D eigenvalue weighted by atomic mass is 32.2. The second-order valence-electron chi connectivity index (χ2n) is 16.8. The van der Waals surface area contributed by atoms with Crippen molar-refractivity contribution in [2.24, 2.45) is 0 Å². The highest BCUT2D eigenvalue weighted by Crippen LogP contribution is 2.40. The molecule has 14 heteroatoms. The van der Waals surface area contributed by atoms with Gasteiger partial charge in [0, 0.05) is 61.1 Å². The Kier molecular flexibility index (Phi) is 12.9. The molecule has 0 radical (unpaired) electrons. The van der Waals surface area contributed by atoms with E-state index >= 15 is 0 Å². The van der Waals surface area contributed by atoms with Crippen LogP contribution in [0.25, 0.3) is 0 Å². The van der Waals surface area contributed by atoms with Gasteiger partial charge < -0.3 is 24.0 Å². The first-order chi connectivity index (χ1) is 33.7. The fourth-order valence-electron chi connectivity index (χ4n) is 8.53. The number of carbonyl (C=O) groups is 2. The Morgan fingerprint density at radius 3 is 1.54 bits per heavy atom. The van der Waals surface area contributed by atoms with E-state index in [-0.39, 0.29) is 17.9 Å². The van der Waals surface area contributed by atoms with Crippen molar-refractivity contribution in [3.8, 4) is 34.5 Å². The first-order valence-corrected chi connectivity index (χ1v) is 24.0. The number of para-hydroxylation sites is 1. The molecule has 0 N–H and O–H groups in total. The molecular formula is C55H46N6O7S. The summed E-state index contributed by atoms with van der Waals surface area (Å²) in [6.07, 6.45) is 13.1. The molecule has 1 aliphatic carbocycles. The van der Waals surface area contributed by atoms with Gasteiger partial charge in [0.05, 0.1) is 30.0 Å². The van der Waals surface area contributed by atoms with E-state index in [0.29, 0.717) is 59.8 Å². The molecule has 3 aromatic heterocycles. The summed E-state index contributed by atoms with van der Waals surface area (Å²) in [5.41, 5.74) is 6.30. The fraction of sp³-hybridized carbons (Fsp3) is 0.145. The summed E-state index contributed by atoms with van der Waals surface area (Å²) in [4.78, 5) is 41.2. The van der Waals surface area contributed by atoms with Crippen LogP contribution in [0, 0.1) is 0 Å². The molecule has 12 rings (SSSR count). The number of aromatic nitrogens is 3. The normalized spacial score (nSPS) is 15.4. The molecule has 0 atom stereocenters. The number of benzene rings is 5. The number of anilines is 1. The Morgan fingerprint density at radius 1 is 0.507 bits per heavy atom. The van der Waals surface area contributed by atoms with Gasteiger partial charge in [0.25, 0.3) is 11.8 Å². The van der Waals surface area contributed by atoms with Gasteiger partial charge in [0.1, 0.15) is 34.5 Å². The molecule has 0 spiro atoms. The van der Waals surface area contributed by atoms with Crippen molar-refractivity contribution in [3.05, 3.63) is 222 Å². The van der Waals surface area contributed by atoms with E-state index in [0.717, 1.165) is 64.1 Å². The van der Waals surface area contributed by atoms with Crippen LogP contribution >= 0.6 is 0 Å². The molecule has 2 amide bonds. The van der Waals surface area contributed by atoms with Crippen LogP contribution in [-0.4, -0.2) is 50.4 Å². The molecule has 3 aliphatic heterocycles. The van der Waals surface area contributed by atoms with Crippen molar-refractivity contribution >= 4 is 27.5 Å². The summed E-state index contributed by atoms with van der Waals surface area (Å²) >= 11 is 0. The molecule has 0 bridgehead atoms. The third-order valence-corrected chi connectivity index (χ3v) is 14.2. The first kappa shape index (κ1) is 44.6. The number of carbonyl (C=O) groups excluding carboxylic acids is 2. The molecule has 344 valence electrons. The molecule has 13 nitrogen and oxygen atoms in total. The van der Waals surface area contributed by atoms with Crippen molar-refractivity contribution in [3.63, 3.8) is 0 Å². The SMILES string of the molecule is O=C1c2ccc(Oc3cccnc3)cc2CN1Cc1ccccc1.O=C1c2ccc(Oc3cccnc3)cc2CN1c1ccccc1.O=S1(=O)c2ccc(Oc3cccnc3)cc2CN1C1CCC1. The lowest BCUT2D eigenvalue weighted by Gasteiger charge is -2.33. The lowest BCUT2D eigenvalue weighted by atomic mass is 9.93. The molecule has 1 fully saturated rings. The van der Waals surface area contributed by atoms with Crippen LogP contribution in [-0.2, 0) is 36.2 Å². The van der Waals surface area contributed by atoms with Crippen LogP contribution in [0.2, 0.25) is 0 Å². The van der Waals surface area contributed by atoms with Crippen molar-refractivity contribution < 1.29 is 32.2 Å². The summed E-state index contributed by atoms with van der Waals surface area (Å²) < 4.78 is 44.1. The third kappa shape index (κ3) is 10.1. The summed E-state index contributed by atoms with van der Waals surface area (Å²) in [5.74, 6) is 4.16. The quantitative estimate of drug-likeness (QED) is 0.130. The fourth-order valence-corrected chi connectivity index (χ4v) is 10.4. The van der Waals surface area contributed by atoms with Crippen molar-refractivity contribution in [2.75, 3.05) is 4.90 Å². The summed E-state index contributed by atoms with van der Waals surface area (Å²) in [6, 6.07) is 47.2. The number of pyridine rings is 3. The molecule has 1 saturated carbocycles. The van der Waals surface area contributed by atoms with Crippen molar-refractivity contribution in [2.45, 2.75) is 56.4 Å². The molecule has 0 saturated heterocycles. The zero-order valence-corrected chi connectivity index (χ0v) is 38.2. The highest BCUT2D eigenvalue weighted by molar-refractivity contribution is 7.89. The topological polar surface area (TPSA) is 144 Å². The van der Waals surface area contributed by atoms with E-state index in [9.17, 15) is 18.0 Å². The standard InChI is InChI=1S/C20H16N2O2.C19H14N2O2.C16H16N2O3S/c23-20-19-9-8-17(24-18-7-4-10-21-12-18)11-16(19)14-22(20)13-15-5-2-1-3-6-15;22-19-18-9-8-16(23-17-7-4-10-20-12-17)11-14(18)13-21(19)15-5-2-1-3-6-15;19-22(20)16-7-6-14(21-15-5-2-8-17-10-15)9-12(16)11-18(22)13-3-1-4-13/h1-12H,13-14H2;1-12H,13H2;2,5-10,13H,1,3-4,11H2. The van der Waals surface area contributed by atoms with Gasteiger partial charge >= 0.3 is 0 Å². The maximum atomic E-state index is 12.6.